The van der Waals surface area contributed by atoms with Crippen molar-refractivity contribution in [3.8, 4) is 5.75 Å². The van der Waals surface area contributed by atoms with Crippen LogP contribution in [0.25, 0.3) is 0 Å². The molecular formula is C34H44B2N6O7S. The highest BCUT2D eigenvalue weighted by Gasteiger charge is 2.37. The number of fused-ring (bicyclic) bond motifs is 1. The second kappa shape index (κ2) is 15.2. The van der Waals surface area contributed by atoms with Crippen LogP contribution in [0.1, 0.15) is 49.7 Å². The summed E-state index contributed by atoms with van der Waals surface area (Å²) in [5, 5.41) is 18.4. The standard InChI is InChI=1S/C34H44B2N6O7S/c35-27-19-22(20-28(36)31(27)43)21-30(32(44)39-12-5-23(6-13-39)24-7-16-41(17-8-24)50(37,47)48)49-34(46)40-14-10-26(11-15-40)42-18-9-25-3-1-2-4-29(25)38-33(42)45/h1-4,19-20,23-24,26,30,43H,5-18,21H2,(H,38,45)(H2,37,47,48)/t30-/m1/s1. The summed E-state index contributed by atoms with van der Waals surface area (Å²) in [5.41, 5.74) is 2.59. The van der Waals surface area contributed by atoms with Gasteiger partial charge < -0.3 is 29.9 Å². The van der Waals surface area contributed by atoms with Crippen molar-refractivity contribution in [3.05, 3.63) is 47.5 Å². The molecule has 4 radical (unpaired) electrons. The summed E-state index contributed by atoms with van der Waals surface area (Å²) in [6.45, 7) is 3.09. The highest BCUT2D eigenvalue weighted by molar-refractivity contribution is 7.86. The van der Waals surface area contributed by atoms with Gasteiger partial charge in [-0.2, -0.15) is 12.7 Å². The molecule has 0 bridgehead atoms. The molecule has 2 aromatic rings. The van der Waals surface area contributed by atoms with Crippen LogP contribution in [0.5, 0.6) is 5.75 Å². The SMILES string of the molecule is [B]c1cc(C[C@@H](OC(=O)N2CCC(N3CCc4ccccc4NC3=O)CC2)C(=O)N2CCC(C3CCN(S(N)(=O)=O)CC3)CC2)cc([B])c1O. The van der Waals surface area contributed by atoms with Crippen LogP contribution in [0.15, 0.2) is 36.4 Å². The van der Waals surface area contributed by atoms with Crippen LogP contribution in [0, 0.1) is 11.8 Å². The van der Waals surface area contributed by atoms with Gasteiger partial charge >= 0.3 is 12.1 Å². The number of amides is 4. The van der Waals surface area contributed by atoms with Crippen molar-refractivity contribution in [3.63, 3.8) is 0 Å². The Morgan fingerprint density at radius 3 is 2.10 bits per heavy atom. The minimum atomic E-state index is -3.69. The molecule has 2 aromatic carbocycles. The fourth-order valence-corrected chi connectivity index (χ4v) is 8.67. The molecule has 4 heterocycles. The fraction of sp³-hybridized carbons (Fsp3) is 0.559. The number of carbonyl (C=O) groups excluding carboxylic acids is 3. The van der Waals surface area contributed by atoms with Gasteiger partial charge in [0.1, 0.15) is 21.4 Å². The van der Waals surface area contributed by atoms with E-state index in [4.69, 9.17) is 25.6 Å². The van der Waals surface area contributed by atoms with Crippen LogP contribution in [0.4, 0.5) is 15.3 Å². The molecule has 1 atom stereocenters. The van der Waals surface area contributed by atoms with Gasteiger partial charge in [0.05, 0.1) is 0 Å². The summed E-state index contributed by atoms with van der Waals surface area (Å²) >= 11 is 0. The Morgan fingerprint density at radius 2 is 1.48 bits per heavy atom. The number of urea groups is 1. The van der Waals surface area contributed by atoms with Gasteiger partial charge in [-0.05, 0) is 74.0 Å². The lowest BCUT2D eigenvalue weighted by Crippen LogP contribution is -2.52. The molecule has 4 N–H and O–H groups in total. The minimum absolute atomic E-state index is 0.0240. The molecule has 4 aliphatic heterocycles. The van der Waals surface area contributed by atoms with Crippen molar-refractivity contribution < 1.29 is 32.6 Å². The van der Waals surface area contributed by atoms with E-state index in [1.165, 1.54) is 16.4 Å². The number of anilines is 1. The first kappa shape index (κ1) is 36.1. The third kappa shape index (κ3) is 8.24. The average Bonchev–Trinajstić information content (AvgIpc) is 3.27. The number of piperidine rings is 3. The topological polar surface area (TPSA) is 166 Å². The zero-order chi connectivity index (χ0) is 35.6. The first-order valence-corrected chi connectivity index (χ1v) is 18.9. The maximum Gasteiger partial charge on any atom is 0.410 e. The Labute approximate surface area is 296 Å². The molecule has 0 unspecified atom stereocenters. The lowest BCUT2D eigenvalue weighted by molar-refractivity contribution is -0.142. The van der Waals surface area contributed by atoms with E-state index in [1.807, 2.05) is 29.2 Å². The molecule has 3 fully saturated rings. The van der Waals surface area contributed by atoms with Crippen molar-refractivity contribution >= 4 is 60.5 Å². The summed E-state index contributed by atoms with van der Waals surface area (Å²) in [4.78, 5) is 45.8. The number of hydrogen-bond acceptors (Lipinski definition) is 7. The van der Waals surface area contributed by atoms with Gasteiger partial charge in [-0.1, -0.05) is 41.3 Å². The van der Waals surface area contributed by atoms with Crippen LogP contribution in [-0.4, -0.2) is 124 Å². The number of benzene rings is 2. The zero-order valence-corrected chi connectivity index (χ0v) is 29.0. The van der Waals surface area contributed by atoms with Crippen LogP contribution in [0.2, 0.25) is 0 Å². The van der Waals surface area contributed by atoms with Crippen LogP contribution in [0.3, 0.4) is 0 Å². The molecule has 6 rings (SSSR count). The Morgan fingerprint density at radius 1 is 0.900 bits per heavy atom. The number of nitrogens with zero attached hydrogens (tertiary/aromatic N) is 4. The quantitative estimate of drug-likeness (QED) is 0.358. The number of carbonyl (C=O) groups is 3. The van der Waals surface area contributed by atoms with E-state index in [1.54, 1.807) is 9.80 Å². The second-order valence-corrected chi connectivity index (χ2v) is 15.4. The van der Waals surface area contributed by atoms with Gasteiger partial charge in [0.15, 0.2) is 6.10 Å². The Hall–Kier alpha value is -3.75. The van der Waals surface area contributed by atoms with E-state index in [-0.39, 0.29) is 41.1 Å². The number of ether oxygens (including phenoxy) is 1. The molecule has 0 aliphatic carbocycles. The van der Waals surface area contributed by atoms with Gasteiger partial charge in [-0.25, -0.2) is 14.7 Å². The van der Waals surface area contributed by atoms with Gasteiger partial charge in [-0.3, -0.25) is 4.79 Å². The van der Waals surface area contributed by atoms with E-state index >= 15 is 0 Å². The summed E-state index contributed by atoms with van der Waals surface area (Å²) in [6, 6.07) is 10.6. The highest BCUT2D eigenvalue weighted by atomic mass is 32.2. The monoisotopic (exact) mass is 702 g/mol. The number of likely N-dealkylation sites (tertiary alicyclic amines) is 2. The number of phenols is 1. The molecule has 0 spiro atoms. The summed E-state index contributed by atoms with van der Waals surface area (Å²) in [6.07, 6.45) is 3.13. The van der Waals surface area contributed by atoms with Crippen LogP contribution in [-0.2, 0) is 32.6 Å². The van der Waals surface area contributed by atoms with Crippen LogP contribution < -0.4 is 21.4 Å². The predicted octanol–water partition coefficient (Wildman–Crippen LogP) is 0.736. The molecule has 0 aromatic heterocycles. The molecule has 0 saturated carbocycles. The Bertz CT molecular complexity index is 1670. The Balaban J connectivity index is 1.07. The van der Waals surface area contributed by atoms with Crippen molar-refractivity contribution in [1.82, 2.24) is 19.0 Å². The largest absolute Gasteiger partial charge is 0.509 e. The van der Waals surface area contributed by atoms with Crippen molar-refractivity contribution in [1.29, 1.82) is 0 Å². The third-order valence-electron chi connectivity index (χ3n) is 10.9. The van der Waals surface area contributed by atoms with Gasteiger partial charge in [0.25, 0.3) is 16.1 Å². The molecule has 16 heteroatoms. The van der Waals surface area contributed by atoms with Crippen molar-refractivity contribution in [2.45, 2.75) is 63.5 Å². The molecule has 3 saturated heterocycles. The molecule has 4 amide bonds. The molecule has 13 nitrogen and oxygen atoms in total. The number of nitrogens with one attached hydrogen (secondary N) is 1. The highest BCUT2D eigenvalue weighted by Crippen LogP contribution is 2.33. The Kier molecular flexibility index (Phi) is 11.0. The number of para-hydroxylation sites is 1. The normalized spacial score (nSPS) is 20.9. The average molecular weight is 702 g/mol. The molecule has 264 valence electrons. The maximum atomic E-state index is 14.0. The summed E-state index contributed by atoms with van der Waals surface area (Å²) < 4.78 is 30.7. The summed E-state index contributed by atoms with van der Waals surface area (Å²) in [5.74, 6) is 0.138. The maximum absolute atomic E-state index is 14.0. The molecule has 4 aliphatic rings. The third-order valence-corrected chi connectivity index (χ3v) is 11.9. The zero-order valence-electron chi connectivity index (χ0n) is 28.2. The second-order valence-electron chi connectivity index (χ2n) is 13.9. The summed E-state index contributed by atoms with van der Waals surface area (Å²) in [7, 11) is 8.21. The number of rotatable bonds is 7. The van der Waals surface area contributed by atoms with E-state index < -0.39 is 22.4 Å². The van der Waals surface area contributed by atoms with Crippen molar-refractivity contribution in [2.75, 3.05) is 51.1 Å². The fourth-order valence-electron chi connectivity index (χ4n) is 7.95. The van der Waals surface area contributed by atoms with E-state index in [0.717, 1.165) is 43.4 Å². The predicted molar refractivity (Wildman–Crippen MR) is 190 cm³/mol. The number of phenolic OH excluding ortho intramolecular Hbond substituents is 1. The molecular weight excluding hydrogens is 658 g/mol. The lowest BCUT2D eigenvalue weighted by atomic mass is 9.79. The van der Waals surface area contributed by atoms with E-state index in [2.05, 4.69) is 5.32 Å². The van der Waals surface area contributed by atoms with E-state index in [9.17, 15) is 27.9 Å². The number of hydrogen-bond donors (Lipinski definition) is 3. The number of nitrogens with two attached hydrogens (primary N) is 1. The molecule has 50 heavy (non-hydrogen) atoms. The lowest BCUT2D eigenvalue weighted by Gasteiger charge is -2.40. The smallest absolute Gasteiger partial charge is 0.410 e. The number of aromatic hydroxyl groups is 1. The van der Waals surface area contributed by atoms with Crippen LogP contribution >= 0.6 is 0 Å². The van der Waals surface area contributed by atoms with Crippen molar-refractivity contribution in [2.24, 2.45) is 17.0 Å². The van der Waals surface area contributed by atoms with Gasteiger partial charge in [0, 0.05) is 64.0 Å². The first-order chi connectivity index (χ1) is 23.9. The minimum Gasteiger partial charge on any atom is -0.509 e. The van der Waals surface area contributed by atoms with Gasteiger partial charge in [-0.15, -0.1) is 0 Å². The van der Waals surface area contributed by atoms with Gasteiger partial charge in [0.2, 0.25) is 0 Å². The van der Waals surface area contributed by atoms with E-state index in [0.29, 0.717) is 76.1 Å². The first-order valence-electron chi connectivity index (χ1n) is 17.4.